The number of nitrogens with zero attached hydrogens (tertiary/aromatic N) is 2. The summed E-state index contributed by atoms with van der Waals surface area (Å²) in [6, 6.07) is 13.1. The van der Waals surface area contributed by atoms with Gasteiger partial charge in [0.2, 0.25) is 0 Å². The van der Waals surface area contributed by atoms with Gasteiger partial charge >= 0.3 is 0 Å². The zero-order chi connectivity index (χ0) is 13.4. The van der Waals surface area contributed by atoms with Crippen LogP contribution in [0, 0.1) is 22.7 Å². The van der Waals surface area contributed by atoms with Gasteiger partial charge in [0, 0.05) is 9.79 Å². The van der Waals surface area contributed by atoms with Gasteiger partial charge in [-0.15, -0.1) is 0 Å². The van der Waals surface area contributed by atoms with Gasteiger partial charge in [-0.25, -0.2) is 0 Å². The van der Waals surface area contributed by atoms with Crippen molar-refractivity contribution in [3.8, 4) is 17.9 Å². The molecule has 2 aromatic rings. The van der Waals surface area contributed by atoms with E-state index < -0.39 is 0 Å². The van der Waals surface area contributed by atoms with Gasteiger partial charge in [-0.3, -0.25) is 0 Å². The molecule has 0 amide bonds. The van der Waals surface area contributed by atoms with Crippen molar-refractivity contribution in [1.29, 1.82) is 10.5 Å². The van der Waals surface area contributed by atoms with Crippen LogP contribution in [0.5, 0.6) is 5.75 Å². The molecule has 2 N–H and O–H groups in total. The van der Waals surface area contributed by atoms with Crippen LogP contribution in [0.1, 0.15) is 11.1 Å². The average molecular weight is 265 g/mol. The molecule has 0 radical (unpaired) electrons. The third-order valence-corrected chi connectivity index (χ3v) is 3.98. The molecule has 4 nitrogen and oxygen atoms in total. The van der Waals surface area contributed by atoms with Crippen molar-refractivity contribution in [3.63, 3.8) is 0 Å². The maximum Gasteiger partial charge on any atom is 0.159 e. The topological polar surface area (TPSA) is 79.8 Å². The first-order chi connectivity index (χ1) is 9.24. The van der Waals surface area contributed by atoms with Gasteiger partial charge in [-0.2, -0.15) is 10.5 Å². The molecule has 2 aromatic carbocycles. The van der Waals surface area contributed by atoms with Crippen molar-refractivity contribution in [1.82, 2.24) is 0 Å². The summed E-state index contributed by atoms with van der Waals surface area (Å²) < 4.78 is 0. The number of fused-ring (bicyclic) bond motifs is 2. The lowest BCUT2D eigenvalue weighted by molar-refractivity contribution is 0.474. The third-order valence-electron chi connectivity index (χ3n) is 2.86. The predicted octanol–water partition coefficient (Wildman–Crippen LogP) is 3.34. The second-order valence-electron chi connectivity index (χ2n) is 3.97. The van der Waals surface area contributed by atoms with E-state index in [2.05, 4.69) is 5.32 Å². The van der Waals surface area contributed by atoms with Gasteiger partial charge < -0.3 is 10.4 Å². The number of aromatic hydroxyl groups is 1. The summed E-state index contributed by atoms with van der Waals surface area (Å²) in [5.41, 5.74) is 1.56. The summed E-state index contributed by atoms with van der Waals surface area (Å²) in [4.78, 5) is 1.76. The normalized spacial score (nSPS) is 11.5. The SMILES string of the molecule is N#Cc1cc2c(c(O)c1C#N)Nc1ccccc1S2. The number of rotatable bonds is 0. The molecule has 19 heavy (non-hydrogen) atoms. The highest BCUT2D eigenvalue weighted by molar-refractivity contribution is 7.99. The molecule has 0 saturated carbocycles. The molecule has 0 aliphatic carbocycles. The van der Waals surface area contributed by atoms with Gasteiger partial charge in [0.15, 0.2) is 5.75 Å². The number of nitrogens with one attached hydrogen (secondary N) is 1. The van der Waals surface area contributed by atoms with Crippen LogP contribution < -0.4 is 5.32 Å². The van der Waals surface area contributed by atoms with E-state index in [1.165, 1.54) is 11.8 Å². The van der Waals surface area contributed by atoms with Crippen LogP contribution >= 0.6 is 11.8 Å². The number of hydrogen-bond donors (Lipinski definition) is 2. The van der Waals surface area contributed by atoms with Crippen molar-refractivity contribution in [2.75, 3.05) is 5.32 Å². The molecule has 1 heterocycles. The minimum atomic E-state index is -0.168. The van der Waals surface area contributed by atoms with E-state index in [9.17, 15) is 5.11 Å². The first-order valence-corrected chi connectivity index (χ1v) is 6.30. The Labute approximate surface area is 113 Å². The highest BCUT2D eigenvalue weighted by atomic mass is 32.2. The Hall–Kier alpha value is -2.63. The summed E-state index contributed by atoms with van der Waals surface area (Å²) in [6.45, 7) is 0. The van der Waals surface area contributed by atoms with Crippen LogP contribution in [0.2, 0.25) is 0 Å². The Morgan fingerprint density at radius 2 is 1.89 bits per heavy atom. The molecule has 0 unspecified atom stereocenters. The number of para-hydroxylation sites is 1. The second kappa shape index (κ2) is 4.24. The van der Waals surface area contributed by atoms with Crippen molar-refractivity contribution in [3.05, 3.63) is 41.5 Å². The number of phenolic OH excluding ortho intramolecular Hbond substituents is 1. The Balaban J connectivity index is 2.23. The van der Waals surface area contributed by atoms with Gasteiger partial charge in [0.05, 0.1) is 16.9 Å². The number of hydrogen-bond acceptors (Lipinski definition) is 5. The van der Waals surface area contributed by atoms with E-state index in [1.54, 1.807) is 6.07 Å². The fourth-order valence-electron chi connectivity index (χ4n) is 1.96. The molecule has 0 saturated heterocycles. The summed E-state index contributed by atoms with van der Waals surface area (Å²) in [6.07, 6.45) is 0. The van der Waals surface area contributed by atoms with Crippen molar-refractivity contribution < 1.29 is 5.11 Å². The molecule has 5 heteroatoms. The molecular weight excluding hydrogens is 258 g/mol. The molecule has 0 aromatic heterocycles. The van der Waals surface area contributed by atoms with E-state index in [1.807, 2.05) is 36.4 Å². The van der Waals surface area contributed by atoms with Crippen LogP contribution in [-0.2, 0) is 0 Å². The molecule has 1 aliphatic heterocycles. The van der Waals surface area contributed by atoms with E-state index in [0.717, 1.165) is 15.5 Å². The number of phenols is 1. The molecular formula is C14H7N3OS. The molecule has 0 spiro atoms. The minimum Gasteiger partial charge on any atom is -0.504 e. The Morgan fingerprint density at radius 3 is 2.63 bits per heavy atom. The van der Waals surface area contributed by atoms with Crippen LogP contribution in [0.3, 0.4) is 0 Å². The molecule has 0 atom stereocenters. The maximum absolute atomic E-state index is 10.1. The highest BCUT2D eigenvalue weighted by Gasteiger charge is 2.23. The number of nitriles is 2. The van der Waals surface area contributed by atoms with E-state index in [-0.39, 0.29) is 16.9 Å². The zero-order valence-electron chi connectivity index (χ0n) is 9.64. The Kier molecular flexibility index (Phi) is 2.56. The van der Waals surface area contributed by atoms with Crippen molar-refractivity contribution >= 4 is 23.1 Å². The van der Waals surface area contributed by atoms with Crippen LogP contribution in [-0.4, -0.2) is 5.11 Å². The van der Waals surface area contributed by atoms with Gasteiger partial charge in [0.25, 0.3) is 0 Å². The van der Waals surface area contributed by atoms with E-state index >= 15 is 0 Å². The maximum atomic E-state index is 10.1. The lowest BCUT2D eigenvalue weighted by atomic mass is 10.1. The van der Waals surface area contributed by atoms with Crippen molar-refractivity contribution in [2.24, 2.45) is 0 Å². The van der Waals surface area contributed by atoms with Crippen LogP contribution in [0.4, 0.5) is 11.4 Å². The van der Waals surface area contributed by atoms with Crippen LogP contribution in [0.15, 0.2) is 40.1 Å². The molecule has 3 rings (SSSR count). The lowest BCUT2D eigenvalue weighted by Crippen LogP contribution is -2.02. The third kappa shape index (κ3) is 1.69. The molecule has 0 fully saturated rings. The predicted molar refractivity (Wildman–Crippen MR) is 71.4 cm³/mol. The Bertz CT molecular complexity index is 771. The standard InChI is InChI=1S/C14H7N3OS/c15-6-8-5-12-13(14(18)9(8)7-16)17-10-3-1-2-4-11(10)19-12/h1-5,17-18H. The summed E-state index contributed by atoms with van der Waals surface area (Å²) in [5, 5.41) is 31.3. The molecule has 0 bridgehead atoms. The largest absolute Gasteiger partial charge is 0.504 e. The van der Waals surface area contributed by atoms with Gasteiger partial charge in [0.1, 0.15) is 17.7 Å². The molecule has 1 aliphatic rings. The monoisotopic (exact) mass is 265 g/mol. The summed E-state index contributed by atoms with van der Waals surface area (Å²) >= 11 is 1.46. The first-order valence-electron chi connectivity index (χ1n) is 5.48. The lowest BCUT2D eigenvalue weighted by Gasteiger charge is -2.22. The summed E-state index contributed by atoms with van der Waals surface area (Å²) in [5.74, 6) is -0.168. The van der Waals surface area contributed by atoms with Crippen molar-refractivity contribution in [2.45, 2.75) is 9.79 Å². The minimum absolute atomic E-state index is 0.00808. The number of benzene rings is 2. The smallest absolute Gasteiger partial charge is 0.159 e. The van der Waals surface area contributed by atoms with Gasteiger partial charge in [-0.05, 0) is 18.2 Å². The summed E-state index contributed by atoms with van der Waals surface area (Å²) in [7, 11) is 0. The Morgan fingerprint density at radius 1 is 1.11 bits per heavy atom. The zero-order valence-corrected chi connectivity index (χ0v) is 10.5. The molecule has 90 valence electrons. The fraction of sp³-hybridized carbons (Fsp3) is 0. The number of anilines is 2. The fourth-order valence-corrected chi connectivity index (χ4v) is 3.00. The van der Waals surface area contributed by atoms with Gasteiger partial charge in [-0.1, -0.05) is 23.9 Å². The van der Waals surface area contributed by atoms with E-state index in [0.29, 0.717) is 5.69 Å². The van der Waals surface area contributed by atoms with Crippen LogP contribution in [0.25, 0.3) is 0 Å². The van der Waals surface area contributed by atoms with E-state index in [4.69, 9.17) is 10.5 Å². The second-order valence-corrected chi connectivity index (χ2v) is 5.05. The highest BCUT2D eigenvalue weighted by Crippen LogP contribution is 2.49. The quantitative estimate of drug-likeness (QED) is 0.609. The first kappa shape index (κ1) is 11.5. The average Bonchev–Trinajstić information content (AvgIpc) is 2.45.